The van der Waals surface area contributed by atoms with Crippen molar-refractivity contribution in [3.05, 3.63) is 29.8 Å². The molecule has 1 aliphatic heterocycles. The summed E-state index contributed by atoms with van der Waals surface area (Å²) in [5.74, 6) is -2.43. The van der Waals surface area contributed by atoms with Gasteiger partial charge in [0, 0.05) is 19.6 Å². The zero-order valence-electron chi connectivity index (χ0n) is 30.5. The number of carbonyl (C=O) groups excluding carboxylic acids is 5. The van der Waals surface area contributed by atoms with Crippen molar-refractivity contribution in [2.45, 2.75) is 110 Å². The first-order valence-electron chi connectivity index (χ1n) is 17.7. The lowest BCUT2D eigenvalue weighted by molar-refractivity contribution is -0.142. The van der Waals surface area contributed by atoms with Gasteiger partial charge in [-0.15, -0.1) is 0 Å². The average molecular weight is 689 g/mol. The van der Waals surface area contributed by atoms with Gasteiger partial charge in [-0.1, -0.05) is 39.8 Å². The van der Waals surface area contributed by atoms with Crippen molar-refractivity contribution in [2.24, 2.45) is 34.0 Å². The summed E-state index contributed by atoms with van der Waals surface area (Å²) in [7, 11) is 0. The summed E-state index contributed by atoms with van der Waals surface area (Å²) in [6.45, 7) is 10.4. The maximum Gasteiger partial charge on any atom is 0.245 e. The zero-order chi connectivity index (χ0) is 37.4. The third-order valence-electron chi connectivity index (χ3n) is 8.12. The quantitative estimate of drug-likeness (QED) is 0.0521. The second-order valence-electron chi connectivity index (χ2n) is 13.4. The van der Waals surface area contributed by atoms with Crippen molar-refractivity contribution in [1.29, 1.82) is 0 Å². The zero-order valence-corrected chi connectivity index (χ0v) is 29.5. The van der Waals surface area contributed by atoms with Gasteiger partial charge < -0.3 is 48.5 Å². The SMILES string of the molecule is [2H]N[C@@H](Cc1ccc(O)cc1)C(=O)N[C@@H](CC(C)C)C(=O)N[C@@H](CC(C)C)C(=O)N[C@@H](CCCN=C(N)N)C(=O)N1CCC[C@H]1C(=O)NCC. The lowest BCUT2D eigenvalue weighted by Crippen LogP contribution is -2.59. The van der Waals surface area contributed by atoms with Gasteiger partial charge in [-0.05, 0) is 81.4 Å². The fourth-order valence-corrected chi connectivity index (χ4v) is 5.74. The highest BCUT2D eigenvalue weighted by molar-refractivity contribution is 5.96. The number of benzene rings is 1. The normalized spacial score (nSPS) is 17.0. The highest BCUT2D eigenvalue weighted by atomic mass is 16.3. The Morgan fingerprint density at radius 3 is 2.04 bits per heavy atom. The van der Waals surface area contributed by atoms with Gasteiger partial charge in [0.25, 0.3) is 0 Å². The van der Waals surface area contributed by atoms with E-state index in [4.69, 9.17) is 12.9 Å². The number of guanidine groups is 1. The topological polar surface area (TPSA) is 247 Å². The number of nitrogens with two attached hydrogens (primary N) is 3. The van der Waals surface area contributed by atoms with Crippen LogP contribution in [0.3, 0.4) is 0 Å². The molecule has 0 aliphatic carbocycles. The molecule has 1 fully saturated rings. The van der Waals surface area contributed by atoms with Crippen LogP contribution in [-0.4, -0.2) is 95.3 Å². The van der Waals surface area contributed by atoms with E-state index in [9.17, 15) is 29.1 Å². The number of rotatable bonds is 20. The van der Waals surface area contributed by atoms with Crippen LogP contribution < -0.4 is 38.5 Å². The van der Waals surface area contributed by atoms with E-state index < -0.39 is 53.8 Å². The smallest absolute Gasteiger partial charge is 0.245 e. The molecule has 1 aromatic carbocycles. The summed E-state index contributed by atoms with van der Waals surface area (Å²) in [6.07, 6.45) is 2.36. The number of aromatic hydroxyl groups is 1. The molecule has 0 unspecified atom stereocenters. The first-order chi connectivity index (χ1) is 23.7. The number of phenolic OH excluding ortho intramolecular Hbond substituents is 1. The van der Waals surface area contributed by atoms with E-state index in [2.05, 4.69) is 32.0 Å². The molecule has 0 spiro atoms. The highest BCUT2D eigenvalue weighted by Gasteiger charge is 2.38. The van der Waals surface area contributed by atoms with E-state index in [-0.39, 0.29) is 61.7 Å². The Bertz CT molecular complexity index is 1310. The van der Waals surface area contributed by atoms with Gasteiger partial charge in [-0.2, -0.15) is 0 Å². The standard InChI is InChI=1S/C34H57N9O6/c1-6-38-32(48)28-10-8-16-43(28)33(49)25(9-7-15-39-34(36)37)40-30(46)27(18-21(4)5)42-31(47)26(17-20(2)3)41-29(45)24(35)19-22-11-13-23(44)14-12-22/h11-14,20-21,24-28,44H,6-10,15-19,35H2,1-5H3,(H,38,48)(H,40,46)(H,41,45)(H,42,47)(H4,36,37,39)/t24-,25-,26-,27-,28-/m0/s1/i/hD. The molecule has 5 amide bonds. The third-order valence-corrected chi connectivity index (χ3v) is 8.12. The summed E-state index contributed by atoms with van der Waals surface area (Å²) in [5.41, 5.74) is 13.9. The monoisotopic (exact) mass is 688 g/mol. The van der Waals surface area contributed by atoms with Gasteiger partial charge in [0.05, 0.1) is 6.04 Å². The molecule has 2 rings (SSSR count). The minimum Gasteiger partial charge on any atom is -0.508 e. The first-order valence-corrected chi connectivity index (χ1v) is 17.2. The van der Waals surface area contributed by atoms with Crippen LogP contribution in [0.15, 0.2) is 29.3 Å². The van der Waals surface area contributed by atoms with E-state index in [0.717, 1.165) is 0 Å². The van der Waals surface area contributed by atoms with Crippen LogP contribution in [0.5, 0.6) is 5.75 Å². The van der Waals surface area contributed by atoms with Crippen molar-refractivity contribution in [1.82, 2.24) is 26.2 Å². The number of phenols is 1. The van der Waals surface area contributed by atoms with Crippen molar-refractivity contribution in [3.63, 3.8) is 0 Å². The number of amides is 5. The van der Waals surface area contributed by atoms with Crippen molar-refractivity contribution in [2.75, 3.05) is 19.6 Å². The molecule has 5 atom stereocenters. The van der Waals surface area contributed by atoms with E-state index in [1.54, 1.807) is 19.1 Å². The number of likely N-dealkylation sites (N-methyl/N-ethyl adjacent to an activating group) is 1. The molecule has 1 aliphatic rings. The Labute approximate surface area is 291 Å². The average Bonchev–Trinajstić information content (AvgIpc) is 3.54. The molecule has 15 nitrogen and oxygen atoms in total. The molecular formula is C34H57N9O6. The molecule has 0 radical (unpaired) electrons. The lowest BCUT2D eigenvalue weighted by Gasteiger charge is -2.30. The summed E-state index contributed by atoms with van der Waals surface area (Å²) < 4.78 is 7.73. The number of hydrogen-bond acceptors (Lipinski definition) is 8. The van der Waals surface area contributed by atoms with E-state index in [1.807, 2.05) is 27.7 Å². The fraction of sp³-hybridized carbons (Fsp3) is 0.647. The molecule has 0 bridgehead atoms. The number of likely N-dealkylation sites (tertiary alicyclic amines) is 1. The van der Waals surface area contributed by atoms with Crippen LogP contribution in [0.1, 0.15) is 78.7 Å². The van der Waals surface area contributed by atoms with Crippen LogP contribution in [-0.2, 0) is 30.4 Å². The maximum absolute atomic E-state index is 13.9. The fourth-order valence-electron chi connectivity index (χ4n) is 5.74. The molecule has 0 aromatic heterocycles. The number of nitrogens with zero attached hydrogens (tertiary/aromatic N) is 2. The second kappa shape index (κ2) is 20.2. The van der Waals surface area contributed by atoms with Crippen LogP contribution in [0, 0.1) is 11.8 Å². The predicted octanol–water partition coefficient (Wildman–Crippen LogP) is -0.0107. The minimum absolute atomic E-state index is 0.00605. The van der Waals surface area contributed by atoms with E-state index >= 15 is 0 Å². The molecule has 15 heteroatoms. The summed E-state index contributed by atoms with van der Waals surface area (Å²) >= 11 is 0. The van der Waals surface area contributed by atoms with Gasteiger partial charge in [0.15, 0.2) is 5.96 Å². The number of hydrogen-bond donors (Lipinski definition) is 8. The Hall–Kier alpha value is -4.40. The molecule has 1 heterocycles. The second-order valence-corrected chi connectivity index (χ2v) is 13.4. The van der Waals surface area contributed by atoms with Gasteiger partial charge in [0.1, 0.15) is 31.3 Å². The van der Waals surface area contributed by atoms with Crippen molar-refractivity contribution >= 4 is 35.5 Å². The number of aliphatic imine (C=N–C) groups is 1. The van der Waals surface area contributed by atoms with Crippen molar-refractivity contribution in [3.8, 4) is 5.75 Å². The van der Waals surface area contributed by atoms with Crippen LogP contribution in [0.25, 0.3) is 0 Å². The van der Waals surface area contributed by atoms with Crippen LogP contribution in [0.2, 0.25) is 1.41 Å². The van der Waals surface area contributed by atoms with Crippen LogP contribution >= 0.6 is 0 Å². The highest BCUT2D eigenvalue weighted by Crippen LogP contribution is 2.20. The van der Waals surface area contributed by atoms with Crippen molar-refractivity contribution < 1.29 is 30.5 Å². The maximum atomic E-state index is 13.9. The molecule has 49 heavy (non-hydrogen) atoms. The molecule has 1 saturated heterocycles. The first kappa shape index (κ1) is 39.0. The largest absolute Gasteiger partial charge is 0.508 e. The Balaban J connectivity index is 2.26. The van der Waals surface area contributed by atoms with Crippen LogP contribution in [0.4, 0.5) is 0 Å². The summed E-state index contributed by atoms with van der Waals surface area (Å²) in [5, 5.41) is 20.7. The molecule has 0 saturated carbocycles. The minimum atomic E-state index is -1.04. The Morgan fingerprint density at radius 1 is 0.939 bits per heavy atom. The van der Waals surface area contributed by atoms with E-state index in [0.29, 0.717) is 37.9 Å². The van der Waals surface area contributed by atoms with Gasteiger partial charge in [-0.3, -0.25) is 29.0 Å². The van der Waals surface area contributed by atoms with Gasteiger partial charge in [0.2, 0.25) is 29.5 Å². The lowest BCUT2D eigenvalue weighted by atomic mass is 9.99. The number of nitrogens with one attached hydrogen (secondary N) is 4. The van der Waals surface area contributed by atoms with E-state index in [1.165, 1.54) is 17.0 Å². The Kier molecular flexibility index (Phi) is 16.1. The Morgan fingerprint density at radius 2 is 1.51 bits per heavy atom. The molecule has 11 N–H and O–H groups in total. The number of carbonyl (C=O) groups is 5. The predicted molar refractivity (Wildman–Crippen MR) is 188 cm³/mol. The van der Waals surface area contributed by atoms with Gasteiger partial charge in [-0.25, -0.2) is 0 Å². The molecule has 274 valence electrons. The summed E-state index contributed by atoms with van der Waals surface area (Å²) in [6, 6.07) is 1.55. The van der Waals surface area contributed by atoms with Gasteiger partial charge >= 0.3 is 0 Å². The third kappa shape index (κ3) is 13.9. The molecular weight excluding hydrogens is 630 g/mol. The molecule has 1 aromatic rings. The summed E-state index contributed by atoms with van der Waals surface area (Å²) in [4.78, 5) is 73.0.